The number of nitrogens with zero attached hydrogens (tertiary/aromatic N) is 1. The Hall–Kier alpha value is -2.01. The summed E-state index contributed by atoms with van der Waals surface area (Å²) < 4.78 is 23.5. The van der Waals surface area contributed by atoms with Crippen LogP contribution in [0.5, 0.6) is 11.5 Å². The first-order chi connectivity index (χ1) is 12.4. The van der Waals surface area contributed by atoms with Gasteiger partial charge in [-0.3, -0.25) is 9.36 Å². The molecule has 0 heterocycles. The summed E-state index contributed by atoms with van der Waals surface area (Å²) in [5, 5.41) is 0.308. The van der Waals surface area contributed by atoms with Crippen molar-refractivity contribution in [2.45, 2.75) is 32.9 Å². The number of para-hydroxylation sites is 2. The van der Waals surface area contributed by atoms with E-state index < -0.39 is 20.2 Å². The zero-order valence-corrected chi connectivity index (χ0v) is 16.5. The molecule has 2 aromatic rings. The predicted molar refractivity (Wildman–Crippen MR) is 101 cm³/mol. The molecular weight excluding hydrogens is 377 g/mol. The highest BCUT2D eigenvalue weighted by Crippen LogP contribution is 2.37. The number of carbonyl (C=O) groups excluding carboxylic acids is 1. The Morgan fingerprint density at radius 1 is 1.04 bits per heavy atom. The molecule has 0 fully saturated rings. The van der Waals surface area contributed by atoms with Crippen LogP contribution in [0.25, 0.3) is 0 Å². The SMILES string of the molecule is CC(C)OC(=O)C(C)N(Oc1ccccc1)[PH](=O)Oc1ccccc1Cl. The van der Waals surface area contributed by atoms with E-state index in [1.165, 1.54) is 6.92 Å². The standard InChI is InChI=1S/C18H21ClNO5P/c1-13(2)23-18(21)14(3)20(24-15-9-5-4-6-10-15)26(22)25-17-12-8-7-11-16(17)19/h4-14,26H,1-3H3. The summed E-state index contributed by atoms with van der Waals surface area (Å²) in [5.74, 6) is 0.0824. The zero-order chi connectivity index (χ0) is 19.1. The number of benzene rings is 2. The number of hydrogen-bond acceptors (Lipinski definition) is 5. The summed E-state index contributed by atoms with van der Waals surface area (Å²) >= 11 is 6.05. The molecule has 0 saturated heterocycles. The molecule has 6 nitrogen and oxygen atoms in total. The van der Waals surface area contributed by atoms with Crippen molar-refractivity contribution in [3.8, 4) is 11.5 Å². The van der Waals surface area contributed by atoms with Gasteiger partial charge in [-0.15, -0.1) is 0 Å². The van der Waals surface area contributed by atoms with Crippen LogP contribution in [-0.2, 0) is 14.1 Å². The molecule has 0 N–H and O–H groups in total. The molecule has 0 aliphatic carbocycles. The first-order valence-electron chi connectivity index (χ1n) is 8.07. The molecule has 0 spiro atoms. The van der Waals surface area contributed by atoms with Crippen molar-refractivity contribution in [2.24, 2.45) is 0 Å². The van der Waals surface area contributed by atoms with Gasteiger partial charge in [-0.2, -0.15) is 0 Å². The fourth-order valence-electron chi connectivity index (χ4n) is 1.96. The lowest BCUT2D eigenvalue weighted by Gasteiger charge is -2.26. The predicted octanol–water partition coefficient (Wildman–Crippen LogP) is 4.74. The Labute approximate surface area is 158 Å². The van der Waals surface area contributed by atoms with E-state index in [-0.39, 0.29) is 11.9 Å². The van der Waals surface area contributed by atoms with E-state index >= 15 is 0 Å². The second-order valence-corrected chi connectivity index (χ2v) is 7.27. The molecule has 2 aromatic carbocycles. The molecule has 2 rings (SSSR count). The van der Waals surface area contributed by atoms with Crippen molar-refractivity contribution in [2.75, 3.05) is 0 Å². The summed E-state index contributed by atoms with van der Waals surface area (Å²) in [6.45, 7) is 5.00. The Balaban J connectivity index is 2.22. The van der Waals surface area contributed by atoms with Crippen LogP contribution < -0.4 is 9.36 Å². The van der Waals surface area contributed by atoms with E-state index in [2.05, 4.69) is 0 Å². The smallest absolute Gasteiger partial charge is 0.340 e. The highest BCUT2D eigenvalue weighted by Gasteiger charge is 2.31. The number of esters is 1. The first kappa shape index (κ1) is 20.3. The molecule has 0 aliphatic heterocycles. The van der Waals surface area contributed by atoms with E-state index in [9.17, 15) is 9.36 Å². The van der Waals surface area contributed by atoms with Crippen LogP contribution in [0, 0.1) is 0 Å². The lowest BCUT2D eigenvalue weighted by molar-refractivity contribution is -0.158. The topological polar surface area (TPSA) is 65.1 Å². The maximum atomic E-state index is 12.8. The zero-order valence-electron chi connectivity index (χ0n) is 14.7. The molecule has 2 unspecified atom stereocenters. The Morgan fingerprint density at radius 2 is 1.65 bits per heavy atom. The second kappa shape index (κ2) is 9.62. The largest absolute Gasteiger partial charge is 0.462 e. The van der Waals surface area contributed by atoms with E-state index in [1.54, 1.807) is 62.4 Å². The number of halogens is 1. The van der Waals surface area contributed by atoms with E-state index in [0.29, 0.717) is 10.8 Å². The fourth-order valence-corrected chi connectivity index (χ4v) is 3.26. The summed E-state index contributed by atoms with van der Waals surface area (Å²) in [7, 11) is -3.00. The molecule has 0 aliphatic rings. The maximum Gasteiger partial charge on any atom is 0.340 e. The van der Waals surface area contributed by atoms with Gasteiger partial charge in [-0.1, -0.05) is 41.9 Å². The minimum absolute atomic E-state index is 0.240. The van der Waals surface area contributed by atoms with Gasteiger partial charge in [0, 0.05) is 0 Å². The van der Waals surface area contributed by atoms with Crippen LogP contribution >= 0.6 is 19.8 Å². The average Bonchev–Trinajstić information content (AvgIpc) is 2.61. The van der Waals surface area contributed by atoms with Crippen molar-refractivity contribution in [1.82, 2.24) is 4.83 Å². The normalized spacial score (nSPS) is 13.3. The molecule has 26 heavy (non-hydrogen) atoms. The van der Waals surface area contributed by atoms with Gasteiger partial charge < -0.3 is 14.1 Å². The highest BCUT2D eigenvalue weighted by molar-refractivity contribution is 7.36. The lowest BCUT2D eigenvalue weighted by Crippen LogP contribution is -2.39. The first-order valence-corrected chi connectivity index (χ1v) is 9.71. The lowest BCUT2D eigenvalue weighted by atomic mass is 10.3. The summed E-state index contributed by atoms with van der Waals surface area (Å²) in [5.41, 5.74) is 0. The Bertz CT molecular complexity index is 756. The van der Waals surface area contributed by atoms with Crippen LogP contribution in [0.15, 0.2) is 54.6 Å². The van der Waals surface area contributed by atoms with Crippen molar-refractivity contribution < 1.29 is 23.5 Å². The number of hydrogen-bond donors (Lipinski definition) is 0. The number of rotatable bonds is 8. The summed E-state index contributed by atoms with van der Waals surface area (Å²) in [6, 6.07) is 14.4. The molecule has 0 aromatic heterocycles. The van der Waals surface area contributed by atoms with Gasteiger partial charge in [0.2, 0.25) is 0 Å². The van der Waals surface area contributed by atoms with Gasteiger partial charge >= 0.3 is 14.1 Å². The number of ether oxygens (including phenoxy) is 1. The quantitative estimate of drug-likeness (QED) is 0.364. The molecule has 0 amide bonds. The van der Waals surface area contributed by atoms with Crippen LogP contribution in [0.1, 0.15) is 20.8 Å². The van der Waals surface area contributed by atoms with Gasteiger partial charge in [0.15, 0.2) is 6.04 Å². The monoisotopic (exact) mass is 397 g/mol. The Kier molecular flexibility index (Phi) is 7.51. The van der Waals surface area contributed by atoms with Crippen molar-refractivity contribution >= 4 is 25.7 Å². The van der Waals surface area contributed by atoms with Crippen molar-refractivity contribution in [1.29, 1.82) is 0 Å². The minimum Gasteiger partial charge on any atom is -0.462 e. The highest BCUT2D eigenvalue weighted by atomic mass is 35.5. The van der Waals surface area contributed by atoms with E-state index in [0.717, 1.165) is 4.83 Å². The molecular formula is C18H21ClNO5P. The molecule has 8 heteroatoms. The third-order valence-corrected chi connectivity index (χ3v) is 4.75. The van der Waals surface area contributed by atoms with Crippen LogP contribution in [-0.4, -0.2) is 22.9 Å². The number of carbonyl (C=O) groups is 1. The van der Waals surface area contributed by atoms with Crippen molar-refractivity contribution in [3.05, 3.63) is 59.6 Å². The molecule has 2 atom stereocenters. The third kappa shape index (κ3) is 5.77. The van der Waals surface area contributed by atoms with Gasteiger partial charge in [0.05, 0.1) is 11.1 Å². The molecule has 0 radical (unpaired) electrons. The van der Waals surface area contributed by atoms with Gasteiger partial charge in [-0.05, 0) is 49.9 Å². The van der Waals surface area contributed by atoms with Crippen molar-refractivity contribution in [3.63, 3.8) is 0 Å². The van der Waals surface area contributed by atoms with Gasteiger partial charge in [0.1, 0.15) is 11.5 Å². The van der Waals surface area contributed by atoms with Gasteiger partial charge in [0.25, 0.3) is 0 Å². The molecule has 140 valence electrons. The fraction of sp³-hybridized carbons (Fsp3) is 0.278. The summed E-state index contributed by atoms with van der Waals surface area (Å²) in [6.07, 6.45) is -0.310. The van der Waals surface area contributed by atoms with Crippen LogP contribution in [0.2, 0.25) is 5.02 Å². The van der Waals surface area contributed by atoms with Crippen LogP contribution in [0.3, 0.4) is 0 Å². The maximum absolute atomic E-state index is 12.8. The van der Waals surface area contributed by atoms with Crippen LogP contribution in [0.4, 0.5) is 0 Å². The summed E-state index contributed by atoms with van der Waals surface area (Å²) in [4.78, 5) is 18.9. The molecule has 0 bridgehead atoms. The Morgan fingerprint density at radius 3 is 2.27 bits per heavy atom. The van der Waals surface area contributed by atoms with Gasteiger partial charge in [-0.25, -0.2) is 0 Å². The third-order valence-electron chi connectivity index (χ3n) is 3.21. The second-order valence-electron chi connectivity index (χ2n) is 5.69. The van der Waals surface area contributed by atoms with E-state index in [1.807, 2.05) is 6.07 Å². The average molecular weight is 398 g/mol. The number of hydroxylamine groups is 1. The molecule has 0 saturated carbocycles. The van der Waals surface area contributed by atoms with E-state index in [4.69, 9.17) is 25.7 Å². The minimum atomic E-state index is -3.00.